The summed E-state index contributed by atoms with van der Waals surface area (Å²) in [4.78, 5) is 21.2. The molecule has 0 radical (unpaired) electrons. The summed E-state index contributed by atoms with van der Waals surface area (Å²) in [6, 6.07) is 0. The van der Waals surface area contributed by atoms with Crippen molar-refractivity contribution in [1.82, 2.24) is 0 Å². The number of hydrogen-bond donors (Lipinski definition) is 2. The van der Waals surface area contributed by atoms with Gasteiger partial charge in [0.05, 0.1) is 19.8 Å². The van der Waals surface area contributed by atoms with Crippen molar-refractivity contribution in [1.29, 1.82) is 0 Å². The highest BCUT2D eigenvalue weighted by Crippen LogP contribution is 2.01. The predicted molar refractivity (Wildman–Crippen MR) is 55.0 cm³/mol. The van der Waals surface area contributed by atoms with Crippen molar-refractivity contribution in [2.45, 2.75) is 25.7 Å². The molecule has 6 heteroatoms. The van der Waals surface area contributed by atoms with Crippen LogP contribution in [0.25, 0.3) is 0 Å². The van der Waals surface area contributed by atoms with Crippen LogP contribution in [-0.2, 0) is 19.1 Å². The van der Waals surface area contributed by atoms with Crippen LogP contribution < -0.4 is 0 Å². The van der Waals surface area contributed by atoms with Crippen molar-refractivity contribution >= 4 is 11.9 Å². The minimum Gasteiger partial charge on any atom is -0.481 e. The van der Waals surface area contributed by atoms with Crippen molar-refractivity contribution < 1.29 is 29.3 Å². The van der Waals surface area contributed by atoms with Gasteiger partial charge in [-0.3, -0.25) is 9.59 Å². The number of carbonyl (C=O) groups excluding carboxylic acids is 1. The van der Waals surface area contributed by atoms with E-state index in [4.69, 9.17) is 19.7 Å². The van der Waals surface area contributed by atoms with Gasteiger partial charge in [0, 0.05) is 12.8 Å². The monoisotopic (exact) mass is 234 g/mol. The first-order chi connectivity index (χ1) is 7.66. The molecule has 0 aliphatic heterocycles. The summed E-state index contributed by atoms with van der Waals surface area (Å²) in [5.41, 5.74) is 0. The summed E-state index contributed by atoms with van der Waals surface area (Å²) in [5.74, 6) is -1.20. The zero-order valence-corrected chi connectivity index (χ0v) is 9.18. The Kier molecular flexibility index (Phi) is 9.64. The van der Waals surface area contributed by atoms with E-state index in [1.165, 1.54) is 0 Å². The van der Waals surface area contributed by atoms with Gasteiger partial charge >= 0.3 is 11.9 Å². The van der Waals surface area contributed by atoms with Crippen LogP contribution in [0, 0.1) is 0 Å². The number of aliphatic hydroxyl groups excluding tert-OH is 1. The predicted octanol–water partition coefficient (Wildman–Crippen LogP) is 0.184. The lowest BCUT2D eigenvalue weighted by atomic mass is 10.2. The minimum absolute atomic E-state index is 0.0524. The quantitative estimate of drug-likeness (QED) is 0.414. The number of esters is 1. The lowest BCUT2D eigenvalue weighted by Gasteiger charge is -2.04. The summed E-state index contributed by atoms with van der Waals surface area (Å²) in [6.45, 7) is 0.610. The van der Waals surface area contributed by atoms with E-state index in [-0.39, 0.29) is 45.2 Å². The standard InChI is InChI=1S/C10H18O6/c11-5-6-15-7-8-16-10(14)4-2-1-3-9(12)13/h11H,1-8H2,(H,12,13). The fourth-order valence-electron chi connectivity index (χ4n) is 0.999. The molecule has 0 aromatic carbocycles. The first kappa shape index (κ1) is 14.9. The topological polar surface area (TPSA) is 93.1 Å². The summed E-state index contributed by atoms with van der Waals surface area (Å²) in [7, 11) is 0. The number of carbonyl (C=O) groups is 2. The molecule has 94 valence electrons. The number of rotatable bonds is 10. The van der Waals surface area contributed by atoms with Gasteiger partial charge in [0.2, 0.25) is 0 Å². The van der Waals surface area contributed by atoms with E-state index in [1.807, 2.05) is 0 Å². The van der Waals surface area contributed by atoms with Gasteiger partial charge in [-0.2, -0.15) is 0 Å². The molecule has 0 fully saturated rings. The molecule has 0 rings (SSSR count). The largest absolute Gasteiger partial charge is 0.481 e. The van der Waals surface area contributed by atoms with Crippen LogP contribution in [-0.4, -0.2) is 48.6 Å². The van der Waals surface area contributed by atoms with E-state index in [0.29, 0.717) is 12.8 Å². The maximum Gasteiger partial charge on any atom is 0.305 e. The van der Waals surface area contributed by atoms with E-state index in [1.54, 1.807) is 0 Å². The van der Waals surface area contributed by atoms with Gasteiger partial charge in [-0.05, 0) is 12.8 Å². The normalized spacial score (nSPS) is 10.1. The van der Waals surface area contributed by atoms with Gasteiger partial charge in [-0.25, -0.2) is 0 Å². The van der Waals surface area contributed by atoms with E-state index in [2.05, 4.69) is 0 Å². The maximum atomic E-state index is 11.0. The molecule has 16 heavy (non-hydrogen) atoms. The Morgan fingerprint density at radius 3 is 2.31 bits per heavy atom. The molecule has 0 bridgehead atoms. The molecule has 0 aromatic heterocycles. The van der Waals surface area contributed by atoms with Crippen molar-refractivity contribution in [3.63, 3.8) is 0 Å². The molecule has 0 spiro atoms. The second-order valence-corrected chi connectivity index (χ2v) is 3.16. The maximum absolute atomic E-state index is 11.0. The average Bonchev–Trinajstić information content (AvgIpc) is 2.24. The molecule has 0 aromatic rings. The van der Waals surface area contributed by atoms with E-state index < -0.39 is 5.97 Å². The average molecular weight is 234 g/mol. The molecule has 0 amide bonds. The van der Waals surface area contributed by atoms with Crippen molar-refractivity contribution in [2.24, 2.45) is 0 Å². The third-order valence-corrected chi connectivity index (χ3v) is 1.75. The number of carboxylic acid groups (broad SMARTS) is 1. The highest BCUT2D eigenvalue weighted by Gasteiger charge is 2.03. The summed E-state index contributed by atoms with van der Waals surface area (Å²) in [5, 5.41) is 16.7. The first-order valence-corrected chi connectivity index (χ1v) is 5.23. The Morgan fingerprint density at radius 2 is 1.69 bits per heavy atom. The van der Waals surface area contributed by atoms with Gasteiger partial charge in [-0.1, -0.05) is 0 Å². The summed E-state index contributed by atoms with van der Waals surface area (Å²) < 4.78 is 9.69. The van der Waals surface area contributed by atoms with Gasteiger partial charge < -0.3 is 19.7 Å². The van der Waals surface area contributed by atoms with Crippen LogP contribution in [0.15, 0.2) is 0 Å². The summed E-state index contributed by atoms with van der Waals surface area (Å²) in [6.07, 6.45) is 1.30. The second kappa shape index (κ2) is 10.4. The fraction of sp³-hybridized carbons (Fsp3) is 0.800. The molecule has 0 saturated heterocycles. The van der Waals surface area contributed by atoms with E-state index >= 15 is 0 Å². The number of carboxylic acids is 1. The van der Waals surface area contributed by atoms with Crippen LogP contribution in [0.2, 0.25) is 0 Å². The Labute approximate surface area is 94.2 Å². The third-order valence-electron chi connectivity index (χ3n) is 1.75. The SMILES string of the molecule is O=C(O)CCCCC(=O)OCCOCCO. The van der Waals surface area contributed by atoms with E-state index in [9.17, 15) is 9.59 Å². The molecular weight excluding hydrogens is 216 g/mol. The number of aliphatic hydroxyl groups is 1. The van der Waals surface area contributed by atoms with Crippen molar-refractivity contribution in [2.75, 3.05) is 26.4 Å². The van der Waals surface area contributed by atoms with Crippen LogP contribution >= 0.6 is 0 Å². The molecule has 0 saturated carbocycles. The van der Waals surface area contributed by atoms with E-state index in [0.717, 1.165) is 0 Å². The molecule has 0 heterocycles. The summed E-state index contributed by atoms with van der Waals surface area (Å²) >= 11 is 0. The van der Waals surface area contributed by atoms with Crippen LogP contribution in [0.3, 0.4) is 0 Å². The van der Waals surface area contributed by atoms with Gasteiger partial charge in [0.15, 0.2) is 0 Å². The minimum atomic E-state index is -0.856. The molecule has 0 aliphatic rings. The molecule has 2 N–H and O–H groups in total. The smallest absolute Gasteiger partial charge is 0.305 e. The molecule has 6 nitrogen and oxygen atoms in total. The first-order valence-electron chi connectivity index (χ1n) is 5.23. The van der Waals surface area contributed by atoms with Crippen molar-refractivity contribution in [3.8, 4) is 0 Å². The Hall–Kier alpha value is -1.14. The van der Waals surface area contributed by atoms with Crippen molar-refractivity contribution in [3.05, 3.63) is 0 Å². The Balaban J connectivity index is 3.21. The lowest BCUT2D eigenvalue weighted by Crippen LogP contribution is -2.11. The second-order valence-electron chi connectivity index (χ2n) is 3.16. The molecule has 0 unspecified atom stereocenters. The fourth-order valence-corrected chi connectivity index (χ4v) is 0.999. The highest BCUT2D eigenvalue weighted by molar-refractivity contribution is 5.69. The molecule has 0 atom stereocenters. The zero-order valence-electron chi connectivity index (χ0n) is 9.18. The number of ether oxygens (including phenoxy) is 2. The number of aliphatic carboxylic acids is 1. The third kappa shape index (κ3) is 10.9. The van der Waals surface area contributed by atoms with Gasteiger partial charge in [0.25, 0.3) is 0 Å². The van der Waals surface area contributed by atoms with Crippen LogP contribution in [0.5, 0.6) is 0 Å². The highest BCUT2D eigenvalue weighted by atomic mass is 16.6. The van der Waals surface area contributed by atoms with Gasteiger partial charge in [-0.15, -0.1) is 0 Å². The lowest BCUT2D eigenvalue weighted by molar-refractivity contribution is -0.145. The molecular formula is C10H18O6. The Bertz CT molecular complexity index is 203. The zero-order chi connectivity index (χ0) is 12.2. The van der Waals surface area contributed by atoms with Crippen LogP contribution in [0.4, 0.5) is 0 Å². The number of unbranched alkanes of at least 4 members (excludes halogenated alkanes) is 1. The molecule has 0 aliphatic carbocycles. The van der Waals surface area contributed by atoms with Crippen LogP contribution in [0.1, 0.15) is 25.7 Å². The van der Waals surface area contributed by atoms with Gasteiger partial charge in [0.1, 0.15) is 6.61 Å². The number of hydrogen-bond acceptors (Lipinski definition) is 5. The Morgan fingerprint density at radius 1 is 1.00 bits per heavy atom.